The second-order valence-corrected chi connectivity index (χ2v) is 5.37. The molecular formula is C16H15FO2S. The highest BCUT2D eigenvalue weighted by atomic mass is 32.2. The highest BCUT2D eigenvalue weighted by Crippen LogP contribution is 2.21. The number of halogens is 1. The van der Waals surface area contributed by atoms with E-state index in [4.69, 9.17) is 4.74 Å². The van der Waals surface area contributed by atoms with Crippen LogP contribution in [0.3, 0.4) is 0 Å². The molecule has 0 fully saturated rings. The van der Waals surface area contributed by atoms with Gasteiger partial charge in [0.05, 0.1) is 12.2 Å². The van der Waals surface area contributed by atoms with Gasteiger partial charge in [-0.2, -0.15) is 0 Å². The van der Waals surface area contributed by atoms with Crippen LogP contribution in [0.4, 0.5) is 4.39 Å². The molecule has 0 saturated heterocycles. The SMILES string of the molecule is CC(=O)c1ccccc1OCCSc1cccc(F)c1. The van der Waals surface area contributed by atoms with E-state index in [1.165, 1.54) is 30.8 Å². The molecule has 0 radical (unpaired) electrons. The standard InChI is InChI=1S/C16H15FO2S/c1-12(18)15-7-2-3-8-16(15)19-9-10-20-14-6-4-5-13(17)11-14/h2-8,11H,9-10H2,1H3. The molecule has 104 valence electrons. The van der Waals surface area contributed by atoms with E-state index in [2.05, 4.69) is 0 Å². The van der Waals surface area contributed by atoms with Gasteiger partial charge in [-0.1, -0.05) is 18.2 Å². The van der Waals surface area contributed by atoms with Gasteiger partial charge in [-0.25, -0.2) is 4.39 Å². The van der Waals surface area contributed by atoms with E-state index in [0.717, 1.165) is 4.90 Å². The molecule has 2 aromatic carbocycles. The van der Waals surface area contributed by atoms with Gasteiger partial charge < -0.3 is 4.74 Å². The molecule has 0 heterocycles. The first-order valence-electron chi connectivity index (χ1n) is 6.28. The summed E-state index contributed by atoms with van der Waals surface area (Å²) < 4.78 is 18.6. The molecule has 0 atom stereocenters. The Morgan fingerprint density at radius 2 is 2.00 bits per heavy atom. The van der Waals surface area contributed by atoms with Crippen LogP contribution in [0.15, 0.2) is 53.4 Å². The summed E-state index contributed by atoms with van der Waals surface area (Å²) in [5, 5.41) is 0. The molecule has 0 aromatic heterocycles. The number of hydrogen-bond acceptors (Lipinski definition) is 3. The van der Waals surface area contributed by atoms with Gasteiger partial charge in [0.2, 0.25) is 0 Å². The Bertz CT molecular complexity index is 599. The van der Waals surface area contributed by atoms with Gasteiger partial charge in [0, 0.05) is 10.6 Å². The molecule has 0 N–H and O–H groups in total. The first-order valence-corrected chi connectivity index (χ1v) is 7.26. The Kier molecular flexibility index (Phi) is 5.18. The predicted molar refractivity (Wildman–Crippen MR) is 79.1 cm³/mol. The smallest absolute Gasteiger partial charge is 0.163 e. The predicted octanol–water partition coefficient (Wildman–Crippen LogP) is 4.20. The Hall–Kier alpha value is -1.81. The van der Waals surface area contributed by atoms with E-state index in [0.29, 0.717) is 23.7 Å². The minimum atomic E-state index is -0.238. The zero-order chi connectivity index (χ0) is 14.4. The first kappa shape index (κ1) is 14.6. The number of ketones is 1. The number of thioether (sulfide) groups is 1. The average Bonchev–Trinajstić information content (AvgIpc) is 2.44. The lowest BCUT2D eigenvalue weighted by Gasteiger charge is -2.09. The zero-order valence-electron chi connectivity index (χ0n) is 11.1. The number of carbonyl (C=O) groups is 1. The normalized spacial score (nSPS) is 10.3. The number of benzene rings is 2. The fourth-order valence-electron chi connectivity index (χ4n) is 1.75. The number of Topliss-reactive ketones (excluding diaryl/α,β-unsaturated/α-hetero) is 1. The summed E-state index contributed by atoms with van der Waals surface area (Å²) in [5.74, 6) is 1.03. The lowest BCUT2D eigenvalue weighted by Crippen LogP contribution is -2.04. The number of ether oxygens (including phenoxy) is 1. The van der Waals surface area contributed by atoms with Crippen molar-refractivity contribution in [1.82, 2.24) is 0 Å². The summed E-state index contributed by atoms with van der Waals surface area (Å²) in [6.45, 7) is 1.98. The van der Waals surface area contributed by atoms with Crippen molar-refractivity contribution in [2.75, 3.05) is 12.4 Å². The fraction of sp³-hybridized carbons (Fsp3) is 0.188. The molecule has 0 unspecified atom stereocenters. The number of rotatable bonds is 6. The quantitative estimate of drug-likeness (QED) is 0.453. The van der Waals surface area contributed by atoms with Crippen molar-refractivity contribution in [3.8, 4) is 5.75 Å². The summed E-state index contributed by atoms with van der Waals surface area (Å²) in [5.41, 5.74) is 0.586. The van der Waals surface area contributed by atoms with Gasteiger partial charge in [-0.3, -0.25) is 4.79 Å². The van der Waals surface area contributed by atoms with Gasteiger partial charge in [0.15, 0.2) is 5.78 Å². The molecule has 0 saturated carbocycles. The van der Waals surface area contributed by atoms with Crippen molar-refractivity contribution < 1.29 is 13.9 Å². The van der Waals surface area contributed by atoms with E-state index in [-0.39, 0.29) is 11.6 Å². The molecular weight excluding hydrogens is 275 g/mol. The van der Waals surface area contributed by atoms with Crippen molar-refractivity contribution >= 4 is 17.5 Å². The van der Waals surface area contributed by atoms with Gasteiger partial charge in [-0.05, 0) is 37.3 Å². The van der Waals surface area contributed by atoms with Crippen molar-refractivity contribution in [1.29, 1.82) is 0 Å². The second kappa shape index (κ2) is 7.10. The maximum absolute atomic E-state index is 13.0. The lowest BCUT2D eigenvalue weighted by molar-refractivity contribution is 0.101. The molecule has 0 aliphatic carbocycles. The molecule has 0 aliphatic heterocycles. The van der Waals surface area contributed by atoms with Gasteiger partial charge in [-0.15, -0.1) is 11.8 Å². The maximum atomic E-state index is 13.0. The molecule has 0 amide bonds. The van der Waals surface area contributed by atoms with Crippen molar-refractivity contribution in [2.45, 2.75) is 11.8 Å². The second-order valence-electron chi connectivity index (χ2n) is 4.21. The lowest BCUT2D eigenvalue weighted by atomic mass is 10.1. The summed E-state index contributed by atoms with van der Waals surface area (Å²) in [6, 6.07) is 13.6. The summed E-state index contributed by atoms with van der Waals surface area (Å²) in [4.78, 5) is 12.3. The summed E-state index contributed by atoms with van der Waals surface area (Å²) in [7, 11) is 0. The Labute approximate surface area is 122 Å². The Balaban J connectivity index is 1.86. The number of carbonyl (C=O) groups excluding carboxylic acids is 1. The van der Waals surface area contributed by atoms with Gasteiger partial charge >= 0.3 is 0 Å². The third kappa shape index (κ3) is 4.10. The monoisotopic (exact) mass is 290 g/mol. The maximum Gasteiger partial charge on any atom is 0.163 e. The van der Waals surface area contributed by atoms with E-state index in [1.54, 1.807) is 18.2 Å². The third-order valence-corrected chi connectivity index (χ3v) is 3.63. The van der Waals surface area contributed by atoms with E-state index in [9.17, 15) is 9.18 Å². The van der Waals surface area contributed by atoms with Crippen LogP contribution in [0.25, 0.3) is 0 Å². The topological polar surface area (TPSA) is 26.3 Å². The number of hydrogen-bond donors (Lipinski definition) is 0. The van der Waals surface area contributed by atoms with Crippen LogP contribution in [-0.2, 0) is 0 Å². The largest absolute Gasteiger partial charge is 0.492 e. The van der Waals surface area contributed by atoms with E-state index < -0.39 is 0 Å². The molecule has 0 aliphatic rings. The van der Waals surface area contributed by atoms with Crippen LogP contribution in [0.5, 0.6) is 5.75 Å². The molecule has 2 nitrogen and oxygen atoms in total. The van der Waals surface area contributed by atoms with Crippen molar-refractivity contribution in [3.05, 3.63) is 59.9 Å². The minimum absolute atomic E-state index is 0.0154. The van der Waals surface area contributed by atoms with Crippen LogP contribution < -0.4 is 4.74 Å². The minimum Gasteiger partial charge on any atom is -0.492 e. The Morgan fingerprint density at radius 1 is 1.20 bits per heavy atom. The Morgan fingerprint density at radius 3 is 2.75 bits per heavy atom. The molecule has 20 heavy (non-hydrogen) atoms. The van der Waals surface area contributed by atoms with Crippen LogP contribution in [0.2, 0.25) is 0 Å². The van der Waals surface area contributed by atoms with Gasteiger partial charge in [0.25, 0.3) is 0 Å². The molecule has 2 aromatic rings. The van der Waals surface area contributed by atoms with Crippen molar-refractivity contribution in [2.24, 2.45) is 0 Å². The highest BCUT2D eigenvalue weighted by Gasteiger charge is 2.07. The van der Waals surface area contributed by atoms with Crippen LogP contribution in [0.1, 0.15) is 17.3 Å². The van der Waals surface area contributed by atoms with Crippen LogP contribution >= 0.6 is 11.8 Å². The third-order valence-electron chi connectivity index (χ3n) is 2.67. The molecule has 4 heteroatoms. The highest BCUT2D eigenvalue weighted by molar-refractivity contribution is 7.99. The summed E-state index contributed by atoms with van der Waals surface area (Å²) >= 11 is 1.52. The van der Waals surface area contributed by atoms with Crippen LogP contribution in [-0.4, -0.2) is 18.1 Å². The van der Waals surface area contributed by atoms with Crippen molar-refractivity contribution in [3.63, 3.8) is 0 Å². The number of para-hydroxylation sites is 1. The average molecular weight is 290 g/mol. The fourth-order valence-corrected chi connectivity index (χ4v) is 2.52. The first-order chi connectivity index (χ1) is 9.66. The molecule has 0 spiro atoms. The molecule has 2 rings (SSSR count). The zero-order valence-corrected chi connectivity index (χ0v) is 12.0. The summed E-state index contributed by atoms with van der Waals surface area (Å²) in [6.07, 6.45) is 0. The van der Waals surface area contributed by atoms with E-state index in [1.807, 2.05) is 18.2 Å². The van der Waals surface area contributed by atoms with Gasteiger partial charge in [0.1, 0.15) is 11.6 Å². The molecule has 0 bridgehead atoms. The van der Waals surface area contributed by atoms with Crippen LogP contribution in [0, 0.1) is 5.82 Å². The van der Waals surface area contributed by atoms with E-state index >= 15 is 0 Å².